The molecule has 2 aliphatic rings. The van der Waals surface area contributed by atoms with Crippen molar-refractivity contribution in [3.05, 3.63) is 0 Å². The predicted octanol–water partition coefficient (Wildman–Crippen LogP) is 3.87. The van der Waals surface area contributed by atoms with Crippen LogP contribution in [0.2, 0.25) is 0 Å². The number of amides is 1. The third-order valence-corrected chi connectivity index (χ3v) is 4.12. The van der Waals surface area contributed by atoms with Gasteiger partial charge in [0.25, 0.3) is 0 Å². The van der Waals surface area contributed by atoms with Gasteiger partial charge >= 0.3 is 0 Å². The summed E-state index contributed by atoms with van der Waals surface area (Å²) in [6.45, 7) is 9.16. The molecule has 0 aromatic rings. The molecule has 1 atom stereocenters. The summed E-state index contributed by atoms with van der Waals surface area (Å²) in [5.74, 6) is 0.100. The molecule has 1 heterocycles. The van der Waals surface area contributed by atoms with Gasteiger partial charge in [0, 0.05) is 12.6 Å². The lowest BCUT2D eigenvalue weighted by Gasteiger charge is -2.22. The molecule has 1 N–H and O–H groups in total. The number of hydrogen-bond donors (Lipinski definition) is 1. The number of carbonyl (C=O) groups excluding carboxylic acids is 1. The summed E-state index contributed by atoms with van der Waals surface area (Å²) >= 11 is 0. The van der Waals surface area contributed by atoms with E-state index in [0.717, 1.165) is 19.4 Å². The van der Waals surface area contributed by atoms with Crippen LogP contribution < -0.4 is 5.32 Å². The molecule has 4 heteroatoms. The molecule has 1 unspecified atom stereocenters. The average molecular weight is 309 g/mol. The molecule has 22 heavy (non-hydrogen) atoms. The van der Waals surface area contributed by atoms with Crippen molar-refractivity contribution in [1.82, 2.24) is 10.2 Å². The Balaban J connectivity index is 0.00000102. The number of nitriles is 1. The first-order chi connectivity index (χ1) is 10.8. The number of nitrogens with zero attached hydrogens (tertiary/aromatic N) is 2. The highest BCUT2D eigenvalue weighted by molar-refractivity contribution is 5.79. The molecule has 2 rings (SSSR count). The summed E-state index contributed by atoms with van der Waals surface area (Å²) in [4.78, 5) is 13.8. The number of rotatable bonds is 3. The van der Waals surface area contributed by atoms with Gasteiger partial charge in [-0.1, -0.05) is 53.4 Å². The van der Waals surface area contributed by atoms with E-state index in [0.29, 0.717) is 12.6 Å². The van der Waals surface area contributed by atoms with Crippen LogP contribution in [0.5, 0.6) is 0 Å². The molecule has 128 valence electrons. The predicted molar refractivity (Wildman–Crippen MR) is 92.5 cm³/mol. The third kappa shape index (κ3) is 7.26. The second-order valence-corrected chi connectivity index (χ2v) is 5.44. The SMILES string of the molecule is CC.CC.N#CC1CCCN1C(=O)CNC1CCCCCC1. The van der Waals surface area contributed by atoms with Crippen molar-refractivity contribution >= 4 is 5.91 Å². The fourth-order valence-corrected chi connectivity index (χ4v) is 3.02. The molecule has 0 bridgehead atoms. The van der Waals surface area contributed by atoms with Crippen molar-refractivity contribution in [1.29, 1.82) is 5.26 Å². The molecule has 1 saturated heterocycles. The molecule has 1 aliphatic carbocycles. The standard InChI is InChI=1S/C14H23N3O.2C2H6/c15-10-13-8-5-9-17(13)14(18)11-16-12-6-3-1-2-4-7-12;2*1-2/h12-13,16H,1-9,11H2;2*1-2H3. The maximum Gasteiger partial charge on any atom is 0.237 e. The molecule has 0 aromatic carbocycles. The fourth-order valence-electron chi connectivity index (χ4n) is 3.02. The van der Waals surface area contributed by atoms with Gasteiger partial charge in [-0.25, -0.2) is 0 Å². The van der Waals surface area contributed by atoms with Gasteiger partial charge in [-0.2, -0.15) is 5.26 Å². The average Bonchev–Trinajstić information content (AvgIpc) is 2.92. The largest absolute Gasteiger partial charge is 0.326 e. The smallest absolute Gasteiger partial charge is 0.237 e. The van der Waals surface area contributed by atoms with Crippen LogP contribution in [0.3, 0.4) is 0 Å². The van der Waals surface area contributed by atoms with Crippen LogP contribution in [0.4, 0.5) is 0 Å². The maximum absolute atomic E-state index is 12.1. The summed E-state index contributed by atoms with van der Waals surface area (Å²) in [7, 11) is 0. The van der Waals surface area contributed by atoms with Crippen LogP contribution in [0.25, 0.3) is 0 Å². The molecule has 4 nitrogen and oxygen atoms in total. The Labute approximate surface area is 137 Å². The van der Waals surface area contributed by atoms with Crippen molar-refractivity contribution in [3.8, 4) is 6.07 Å². The van der Waals surface area contributed by atoms with E-state index in [1.807, 2.05) is 27.7 Å². The molecule has 1 amide bonds. The highest BCUT2D eigenvalue weighted by Crippen LogP contribution is 2.18. The molecule has 0 spiro atoms. The first kappa shape index (κ1) is 20.9. The van der Waals surface area contributed by atoms with Crippen molar-refractivity contribution in [2.45, 2.75) is 91.1 Å². The first-order valence-electron chi connectivity index (χ1n) is 9.23. The van der Waals surface area contributed by atoms with E-state index in [2.05, 4.69) is 11.4 Å². The van der Waals surface area contributed by atoms with Gasteiger partial charge in [-0.15, -0.1) is 0 Å². The van der Waals surface area contributed by atoms with Gasteiger partial charge in [0.05, 0.1) is 12.6 Å². The molecular weight excluding hydrogens is 274 g/mol. The van der Waals surface area contributed by atoms with Gasteiger partial charge in [0.2, 0.25) is 5.91 Å². The minimum Gasteiger partial charge on any atom is -0.326 e. The third-order valence-electron chi connectivity index (χ3n) is 4.12. The number of likely N-dealkylation sites (tertiary alicyclic amines) is 1. The monoisotopic (exact) mass is 309 g/mol. The summed E-state index contributed by atoms with van der Waals surface area (Å²) in [5.41, 5.74) is 0. The van der Waals surface area contributed by atoms with Crippen LogP contribution >= 0.6 is 0 Å². The number of hydrogen-bond acceptors (Lipinski definition) is 3. The second-order valence-electron chi connectivity index (χ2n) is 5.44. The summed E-state index contributed by atoms with van der Waals surface area (Å²) in [5, 5.41) is 12.4. The molecule has 0 radical (unpaired) electrons. The molecule has 2 fully saturated rings. The van der Waals surface area contributed by atoms with Gasteiger partial charge in [0.15, 0.2) is 0 Å². The van der Waals surface area contributed by atoms with Gasteiger partial charge in [0.1, 0.15) is 6.04 Å². The van der Waals surface area contributed by atoms with Crippen molar-refractivity contribution in [2.75, 3.05) is 13.1 Å². The fraction of sp³-hybridized carbons (Fsp3) is 0.889. The quantitative estimate of drug-likeness (QED) is 0.805. The lowest BCUT2D eigenvalue weighted by molar-refractivity contribution is -0.130. The highest BCUT2D eigenvalue weighted by atomic mass is 16.2. The lowest BCUT2D eigenvalue weighted by Crippen LogP contribution is -2.43. The van der Waals surface area contributed by atoms with E-state index >= 15 is 0 Å². The zero-order chi connectivity index (χ0) is 16.8. The first-order valence-corrected chi connectivity index (χ1v) is 9.23. The minimum atomic E-state index is -0.187. The second kappa shape index (κ2) is 13.6. The van der Waals surface area contributed by atoms with E-state index in [9.17, 15) is 4.79 Å². The van der Waals surface area contributed by atoms with Gasteiger partial charge in [-0.3, -0.25) is 4.79 Å². The Morgan fingerprint density at radius 3 is 2.18 bits per heavy atom. The number of carbonyl (C=O) groups is 1. The van der Waals surface area contributed by atoms with E-state index in [1.54, 1.807) is 4.90 Å². The maximum atomic E-state index is 12.1. The molecule has 1 saturated carbocycles. The van der Waals surface area contributed by atoms with Crippen LogP contribution in [-0.2, 0) is 4.79 Å². The van der Waals surface area contributed by atoms with Crippen LogP contribution in [0.1, 0.15) is 79.1 Å². The Kier molecular flexibility index (Phi) is 12.9. The zero-order valence-corrected chi connectivity index (χ0v) is 15.0. The van der Waals surface area contributed by atoms with Gasteiger partial charge < -0.3 is 10.2 Å². The molecular formula is C18H35N3O. The Hall–Kier alpha value is -1.08. The minimum absolute atomic E-state index is 0.100. The van der Waals surface area contributed by atoms with Gasteiger partial charge in [-0.05, 0) is 25.7 Å². The Morgan fingerprint density at radius 2 is 1.64 bits per heavy atom. The molecule has 0 aromatic heterocycles. The van der Waals surface area contributed by atoms with E-state index in [4.69, 9.17) is 5.26 Å². The normalized spacial score (nSPS) is 21.6. The Bertz CT molecular complexity index is 317. The van der Waals surface area contributed by atoms with E-state index in [1.165, 1.54) is 38.5 Å². The number of nitrogens with one attached hydrogen (secondary N) is 1. The van der Waals surface area contributed by atoms with Crippen molar-refractivity contribution < 1.29 is 4.79 Å². The van der Waals surface area contributed by atoms with Crippen LogP contribution in [0.15, 0.2) is 0 Å². The summed E-state index contributed by atoms with van der Waals surface area (Å²) in [6, 6.07) is 2.53. The Morgan fingerprint density at radius 1 is 1.05 bits per heavy atom. The van der Waals surface area contributed by atoms with Crippen LogP contribution in [0, 0.1) is 11.3 Å². The summed E-state index contributed by atoms with van der Waals surface area (Å²) < 4.78 is 0. The van der Waals surface area contributed by atoms with Crippen LogP contribution in [-0.4, -0.2) is 36.0 Å². The summed E-state index contributed by atoms with van der Waals surface area (Å²) in [6.07, 6.45) is 9.39. The highest BCUT2D eigenvalue weighted by Gasteiger charge is 2.28. The molecule has 1 aliphatic heterocycles. The van der Waals surface area contributed by atoms with E-state index in [-0.39, 0.29) is 11.9 Å². The van der Waals surface area contributed by atoms with Crippen molar-refractivity contribution in [2.24, 2.45) is 0 Å². The van der Waals surface area contributed by atoms with Crippen molar-refractivity contribution in [3.63, 3.8) is 0 Å². The lowest BCUT2D eigenvalue weighted by atomic mass is 10.1. The van der Waals surface area contributed by atoms with E-state index < -0.39 is 0 Å². The topological polar surface area (TPSA) is 56.1 Å². The zero-order valence-electron chi connectivity index (χ0n) is 15.0.